The van der Waals surface area contributed by atoms with Crippen molar-refractivity contribution in [3.8, 4) is 0 Å². The van der Waals surface area contributed by atoms with Crippen LogP contribution < -0.4 is 5.73 Å². The monoisotopic (exact) mass is 288 g/mol. The lowest BCUT2D eigenvalue weighted by atomic mass is 9.94. The van der Waals surface area contributed by atoms with E-state index in [9.17, 15) is 12.8 Å². The first-order chi connectivity index (χ1) is 8.66. The van der Waals surface area contributed by atoms with Crippen molar-refractivity contribution in [2.24, 2.45) is 11.1 Å². The Balaban J connectivity index is 2.81. The fraction of sp³-hybridized carbons (Fsp3) is 0.538. The van der Waals surface area contributed by atoms with E-state index in [1.807, 2.05) is 13.8 Å². The molecule has 1 rings (SSSR count). The average molecular weight is 288 g/mol. The van der Waals surface area contributed by atoms with Crippen LogP contribution in [0.5, 0.6) is 0 Å². The highest BCUT2D eigenvalue weighted by molar-refractivity contribution is 7.88. The first-order valence-corrected chi connectivity index (χ1v) is 7.66. The van der Waals surface area contributed by atoms with E-state index in [1.54, 1.807) is 6.07 Å². The molecule has 108 valence electrons. The van der Waals surface area contributed by atoms with E-state index in [0.717, 1.165) is 0 Å². The lowest BCUT2D eigenvalue weighted by Gasteiger charge is -2.28. The highest BCUT2D eigenvalue weighted by Gasteiger charge is 2.25. The van der Waals surface area contributed by atoms with E-state index < -0.39 is 15.8 Å². The summed E-state index contributed by atoms with van der Waals surface area (Å²) < 4.78 is 38.7. The maximum Gasteiger partial charge on any atom is 0.218 e. The normalized spacial score (nSPS) is 12.9. The highest BCUT2D eigenvalue weighted by Crippen LogP contribution is 2.18. The van der Waals surface area contributed by atoms with Gasteiger partial charge in [0.1, 0.15) is 5.82 Å². The van der Waals surface area contributed by atoms with Gasteiger partial charge < -0.3 is 5.73 Å². The van der Waals surface area contributed by atoms with Gasteiger partial charge in [-0.25, -0.2) is 17.1 Å². The second-order valence-electron chi connectivity index (χ2n) is 5.51. The summed E-state index contributed by atoms with van der Waals surface area (Å²) in [5.41, 5.74) is 5.75. The van der Waals surface area contributed by atoms with Crippen molar-refractivity contribution in [3.05, 3.63) is 35.6 Å². The van der Waals surface area contributed by atoms with E-state index >= 15 is 0 Å². The molecule has 0 amide bonds. The van der Waals surface area contributed by atoms with Gasteiger partial charge in [0.2, 0.25) is 10.0 Å². The molecule has 4 nitrogen and oxygen atoms in total. The summed E-state index contributed by atoms with van der Waals surface area (Å²) in [5.74, 6) is -0.639. The molecule has 0 aliphatic heterocycles. The van der Waals surface area contributed by atoms with Crippen molar-refractivity contribution in [2.75, 3.05) is 20.1 Å². The zero-order valence-electron chi connectivity index (χ0n) is 11.6. The molecule has 0 unspecified atom stereocenters. The number of halogens is 1. The molecule has 0 aliphatic carbocycles. The Kier molecular flexibility index (Phi) is 5.06. The van der Waals surface area contributed by atoms with Crippen LogP contribution in [0.3, 0.4) is 0 Å². The second kappa shape index (κ2) is 5.98. The van der Waals surface area contributed by atoms with Crippen molar-refractivity contribution in [3.63, 3.8) is 0 Å². The maximum absolute atomic E-state index is 13.0. The number of hydrogen-bond donors (Lipinski definition) is 1. The number of benzene rings is 1. The quantitative estimate of drug-likeness (QED) is 0.864. The molecule has 0 saturated carbocycles. The zero-order chi connectivity index (χ0) is 14.7. The largest absolute Gasteiger partial charge is 0.330 e. The minimum atomic E-state index is -3.46. The van der Waals surface area contributed by atoms with Gasteiger partial charge in [0.05, 0.1) is 5.75 Å². The third-order valence-electron chi connectivity index (χ3n) is 2.92. The van der Waals surface area contributed by atoms with Gasteiger partial charge in [-0.05, 0) is 29.7 Å². The molecule has 0 spiro atoms. The summed E-state index contributed by atoms with van der Waals surface area (Å²) in [6.45, 7) is 4.54. The molecule has 0 heterocycles. The minimum absolute atomic E-state index is 0.206. The molecular formula is C13H21FN2O2S. The van der Waals surface area contributed by atoms with E-state index in [1.165, 1.54) is 29.6 Å². The van der Waals surface area contributed by atoms with E-state index in [-0.39, 0.29) is 11.2 Å². The van der Waals surface area contributed by atoms with Gasteiger partial charge in [-0.1, -0.05) is 26.0 Å². The van der Waals surface area contributed by atoms with Crippen LogP contribution in [0.15, 0.2) is 24.3 Å². The molecule has 0 atom stereocenters. The van der Waals surface area contributed by atoms with Crippen LogP contribution in [0.1, 0.15) is 19.4 Å². The molecule has 0 saturated heterocycles. The SMILES string of the molecule is CN(CC(C)(C)CN)S(=O)(=O)Cc1cccc(F)c1. The summed E-state index contributed by atoms with van der Waals surface area (Å²) in [7, 11) is -1.94. The molecule has 0 aromatic heterocycles. The third kappa shape index (κ3) is 4.89. The topological polar surface area (TPSA) is 63.4 Å². The molecule has 0 bridgehead atoms. The Morgan fingerprint density at radius 3 is 2.53 bits per heavy atom. The number of hydrogen-bond acceptors (Lipinski definition) is 3. The van der Waals surface area contributed by atoms with E-state index in [2.05, 4.69) is 0 Å². The summed E-state index contributed by atoms with van der Waals surface area (Å²) in [4.78, 5) is 0. The Labute approximate surface area is 114 Å². The lowest BCUT2D eigenvalue weighted by Crippen LogP contribution is -2.40. The number of nitrogens with two attached hydrogens (primary N) is 1. The third-order valence-corrected chi connectivity index (χ3v) is 4.69. The van der Waals surface area contributed by atoms with Crippen LogP contribution in [0.25, 0.3) is 0 Å². The van der Waals surface area contributed by atoms with Gasteiger partial charge in [-0.15, -0.1) is 0 Å². The number of sulfonamides is 1. The Bertz CT molecular complexity index is 529. The van der Waals surface area contributed by atoms with Gasteiger partial charge in [0, 0.05) is 13.6 Å². The maximum atomic E-state index is 13.0. The predicted molar refractivity (Wildman–Crippen MR) is 74.5 cm³/mol. The van der Waals surface area contributed by atoms with Crippen molar-refractivity contribution < 1.29 is 12.8 Å². The zero-order valence-corrected chi connectivity index (χ0v) is 12.4. The predicted octanol–water partition coefficient (Wildman–Crippen LogP) is 1.57. The average Bonchev–Trinajstić information content (AvgIpc) is 2.27. The van der Waals surface area contributed by atoms with E-state index in [0.29, 0.717) is 18.7 Å². The van der Waals surface area contributed by atoms with Crippen LogP contribution in [0, 0.1) is 11.2 Å². The van der Waals surface area contributed by atoms with Crippen molar-refractivity contribution in [1.29, 1.82) is 0 Å². The van der Waals surface area contributed by atoms with Crippen molar-refractivity contribution >= 4 is 10.0 Å². The van der Waals surface area contributed by atoms with Crippen LogP contribution >= 0.6 is 0 Å². The molecular weight excluding hydrogens is 267 g/mol. The molecule has 0 aliphatic rings. The van der Waals surface area contributed by atoms with Crippen LogP contribution in [0.4, 0.5) is 4.39 Å². The van der Waals surface area contributed by atoms with Gasteiger partial charge in [0.25, 0.3) is 0 Å². The lowest BCUT2D eigenvalue weighted by molar-refractivity contribution is 0.291. The van der Waals surface area contributed by atoms with Crippen LogP contribution in [-0.2, 0) is 15.8 Å². The molecule has 1 aromatic rings. The summed E-state index contributed by atoms with van der Waals surface area (Å²) in [6, 6.07) is 5.63. The number of rotatable bonds is 6. The minimum Gasteiger partial charge on any atom is -0.330 e. The van der Waals surface area contributed by atoms with Crippen molar-refractivity contribution in [1.82, 2.24) is 4.31 Å². The molecule has 1 aromatic carbocycles. The van der Waals surface area contributed by atoms with Crippen LogP contribution in [-0.4, -0.2) is 32.9 Å². The highest BCUT2D eigenvalue weighted by atomic mass is 32.2. The first-order valence-electron chi connectivity index (χ1n) is 6.05. The second-order valence-corrected chi connectivity index (χ2v) is 7.59. The number of nitrogens with zero attached hydrogens (tertiary/aromatic N) is 1. The summed E-state index contributed by atoms with van der Waals surface area (Å²) in [6.07, 6.45) is 0. The fourth-order valence-corrected chi connectivity index (χ4v) is 3.08. The standard InChI is InChI=1S/C13H21FN2O2S/c1-13(2,9-15)10-16(3)19(17,18)8-11-5-4-6-12(14)7-11/h4-7H,8-10,15H2,1-3H3. The van der Waals surface area contributed by atoms with Gasteiger partial charge >= 0.3 is 0 Å². The molecule has 19 heavy (non-hydrogen) atoms. The molecule has 0 radical (unpaired) electrons. The Hall–Kier alpha value is -0.980. The van der Waals surface area contributed by atoms with Gasteiger partial charge in [-0.2, -0.15) is 0 Å². The first kappa shape index (κ1) is 16.1. The van der Waals surface area contributed by atoms with Gasteiger partial charge in [-0.3, -0.25) is 0 Å². The smallest absolute Gasteiger partial charge is 0.218 e. The molecule has 6 heteroatoms. The van der Waals surface area contributed by atoms with Gasteiger partial charge in [0.15, 0.2) is 0 Å². The fourth-order valence-electron chi connectivity index (χ4n) is 1.71. The Morgan fingerprint density at radius 1 is 1.37 bits per heavy atom. The van der Waals surface area contributed by atoms with Crippen LogP contribution in [0.2, 0.25) is 0 Å². The summed E-state index contributed by atoms with van der Waals surface area (Å²) >= 11 is 0. The molecule has 2 N–H and O–H groups in total. The van der Waals surface area contributed by atoms with Crippen molar-refractivity contribution in [2.45, 2.75) is 19.6 Å². The molecule has 0 fully saturated rings. The summed E-state index contributed by atoms with van der Waals surface area (Å²) in [5, 5.41) is 0. The Morgan fingerprint density at radius 2 is 2.00 bits per heavy atom. The van der Waals surface area contributed by atoms with E-state index in [4.69, 9.17) is 5.73 Å².